The van der Waals surface area contributed by atoms with Gasteiger partial charge >= 0.3 is 6.09 Å². The first-order chi connectivity index (χ1) is 13.5. The summed E-state index contributed by atoms with van der Waals surface area (Å²) in [6, 6.07) is 17.7. The Bertz CT molecular complexity index is 975. The molecular weight excluding hydrogens is 467 g/mol. The summed E-state index contributed by atoms with van der Waals surface area (Å²) in [6.45, 7) is 0.354. The summed E-state index contributed by atoms with van der Waals surface area (Å²) in [7, 11) is 1.55. The van der Waals surface area contributed by atoms with Gasteiger partial charge in [0.05, 0.1) is 11.9 Å². The average molecular weight is 486 g/mol. The Morgan fingerprint density at radius 2 is 2.00 bits per heavy atom. The number of hydrogen-bond acceptors (Lipinski definition) is 4. The van der Waals surface area contributed by atoms with Gasteiger partial charge in [0.25, 0.3) is 0 Å². The third-order valence-electron chi connectivity index (χ3n) is 4.10. The number of anilines is 1. The van der Waals surface area contributed by atoms with Crippen molar-refractivity contribution in [2.75, 3.05) is 12.5 Å². The molecule has 0 unspecified atom stereocenters. The maximum Gasteiger partial charge on any atom is 0.407 e. The fraction of sp³-hybridized carbons (Fsp3) is 0.0952. The summed E-state index contributed by atoms with van der Waals surface area (Å²) in [5.74, 6) is 0. The van der Waals surface area contributed by atoms with E-state index in [1.807, 2.05) is 60.8 Å². The normalized spacial score (nSPS) is 10.8. The van der Waals surface area contributed by atoms with Gasteiger partial charge in [0.2, 0.25) is 0 Å². The van der Waals surface area contributed by atoms with Crippen LogP contribution < -0.4 is 5.43 Å². The second-order valence-electron chi connectivity index (χ2n) is 6.18. The molecule has 6 nitrogen and oxygen atoms in total. The first kappa shape index (κ1) is 19.8. The molecule has 2 N–H and O–H groups in total. The smallest absolute Gasteiger partial charge is 0.407 e. The average Bonchev–Trinajstić information content (AvgIpc) is 2.71. The predicted octanol–water partition coefficient (Wildman–Crippen LogP) is 4.91. The van der Waals surface area contributed by atoms with E-state index in [0.717, 1.165) is 31.5 Å². The van der Waals surface area contributed by atoms with E-state index in [2.05, 4.69) is 38.1 Å². The van der Waals surface area contributed by atoms with Gasteiger partial charge in [-0.3, -0.25) is 10.4 Å². The summed E-state index contributed by atoms with van der Waals surface area (Å²) in [4.78, 5) is 16.3. The Morgan fingerprint density at radius 1 is 1.21 bits per heavy atom. The minimum atomic E-state index is -0.944. The third-order valence-corrected chi connectivity index (χ3v) is 5.10. The standard InChI is InChI=1S/C21H19IN4O2/c1-26(21(27)28)14-18-5-4-15(11-20(18)22)12-24-25-19-8-6-16(7-9-19)17-3-2-10-23-13-17/h2-13,25H,14H2,1H3,(H,27,28). The molecule has 1 heterocycles. The summed E-state index contributed by atoms with van der Waals surface area (Å²) >= 11 is 2.21. The van der Waals surface area contributed by atoms with Gasteiger partial charge in [0.1, 0.15) is 0 Å². The van der Waals surface area contributed by atoms with Crippen LogP contribution >= 0.6 is 22.6 Å². The topological polar surface area (TPSA) is 77.8 Å². The molecule has 1 aromatic heterocycles. The van der Waals surface area contributed by atoms with Crippen LogP contribution in [-0.2, 0) is 6.54 Å². The highest BCUT2D eigenvalue weighted by Gasteiger charge is 2.08. The molecule has 0 aliphatic rings. The summed E-state index contributed by atoms with van der Waals surface area (Å²) in [5, 5.41) is 13.3. The van der Waals surface area contributed by atoms with Crippen molar-refractivity contribution >= 4 is 40.6 Å². The van der Waals surface area contributed by atoms with Crippen molar-refractivity contribution in [1.29, 1.82) is 0 Å². The number of nitrogens with one attached hydrogen (secondary N) is 1. The lowest BCUT2D eigenvalue weighted by atomic mass is 10.1. The molecule has 142 valence electrons. The molecule has 0 bridgehead atoms. The molecule has 0 aliphatic carbocycles. The lowest BCUT2D eigenvalue weighted by Gasteiger charge is -2.14. The van der Waals surface area contributed by atoms with E-state index in [-0.39, 0.29) is 0 Å². The minimum absolute atomic E-state index is 0.354. The van der Waals surface area contributed by atoms with E-state index in [4.69, 9.17) is 5.11 Å². The van der Waals surface area contributed by atoms with Crippen LogP contribution in [0.3, 0.4) is 0 Å². The molecule has 7 heteroatoms. The molecule has 3 aromatic rings. The maximum absolute atomic E-state index is 11.0. The number of rotatable bonds is 6. The number of amides is 1. The summed E-state index contributed by atoms with van der Waals surface area (Å²) in [6.07, 6.45) is 4.38. The molecule has 3 rings (SSSR count). The van der Waals surface area contributed by atoms with Crippen molar-refractivity contribution in [2.45, 2.75) is 6.54 Å². The fourth-order valence-electron chi connectivity index (χ4n) is 2.55. The third kappa shape index (κ3) is 5.29. The summed E-state index contributed by atoms with van der Waals surface area (Å²) < 4.78 is 0.996. The van der Waals surface area contributed by atoms with Gasteiger partial charge in [-0.2, -0.15) is 5.10 Å². The Kier molecular flexibility index (Phi) is 6.59. The molecular formula is C21H19IN4O2. The number of carboxylic acid groups (broad SMARTS) is 1. The van der Waals surface area contributed by atoms with Crippen LogP contribution in [0.2, 0.25) is 0 Å². The zero-order chi connectivity index (χ0) is 19.9. The molecule has 0 fully saturated rings. The molecule has 1 amide bonds. The van der Waals surface area contributed by atoms with Gasteiger partial charge in [0.15, 0.2) is 0 Å². The second-order valence-corrected chi connectivity index (χ2v) is 7.34. The highest BCUT2D eigenvalue weighted by molar-refractivity contribution is 14.1. The first-order valence-corrected chi connectivity index (χ1v) is 9.63. The van der Waals surface area contributed by atoms with Gasteiger partial charge in [0, 0.05) is 29.6 Å². The molecule has 28 heavy (non-hydrogen) atoms. The van der Waals surface area contributed by atoms with Crippen LogP contribution in [0.5, 0.6) is 0 Å². The van der Waals surface area contributed by atoms with Crippen LogP contribution in [-0.4, -0.2) is 34.3 Å². The van der Waals surface area contributed by atoms with Crippen LogP contribution in [0.15, 0.2) is 72.1 Å². The SMILES string of the molecule is CN(Cc1ccc(C=NNc2ccc(-c3cccnc3)cc2)cc1I)C(=O)O. The van der Waals surface area contributed by atoms with E-state index < -0.39 is 6.09 Å². The number of nitrogens with zero attached hydrogens (tertiary/aromatic N) is 3. The zero-order valence-electron chi connectivity index (χ0n) is 15.2. The van der Waals surface area contributed by atoms with Crippen molar-refractivity contribution in [3.8, 4) is 11.1 Å². The lowest BCUT2D eigenvalue weighted by Crippen LogP contribution is -2.24. The predicted molar refractivity (Wildman–Crippen MR) is 120 cm³/mol. The molecule has 0 aliphatic heterocycles. The van der Waals surface area contributed by atoms with Gasteiger partial charge < -0.3 is 10.0 Å². The molecule has 2 aromatic carbocycles. The lowest BCUT2D eigenvalue weighted by molar-refractivity contribution is 0.153. The number of aromatic nitrogens is 1. The monoisotopic (exact) mass is 486 g/mol. The molecule has 0 radical (unpaired) electrons. The first-order valence-electron chi connectivity index (χ1n) is 8.55. The highest BCUT2D eigenvalue weighted by Crippen LogP contribution is 2.20. The van der Waals surface area contributed by atoms with Crippen LogP contribution in [0, 0.1) is 3.57 Å². The Hall–Kier alpha value is -2.94. The van der Waals surface area contributed by atoms with Crippen molar-refractivity contribution in [3.05, 3.63) is 81.7 Å². The van der Waals surface area contributed by atoms with Gasteiger partial charge in [-0.15, -0.1) is 0 Å². The van der Waals surface area contributed by atoms with Crippen molar-refractivity contribution < 1.29 is 9.90 Å². The van der Waals surface area contributed by atoms with E-state index >= 15 is 0 Å². The van der Waals surface area contributed by atoms with E-state index in [1.165, 1.54) is 4.90 Å². The van der Waals surface area contributed by atoms with Crippen molar-refractivity contribution in [1.82, 2.24) is 9.88 Å². The minimum Gasteiger partial charge on any atom is -0.465 e. The largest absolute Gasteiger partial charge is 0.465 e. The van der Waals surface area contributed by atoms with Crippen LogP contribution in [0.25, 0.3) is 11.1 Å². The summed E-state index contributed by atoms with van der Waals surface area (Å²) in [5.41, 5.74) is 7.97. The number of benzene rings is 2. The Balaban J connectivity index is 1.61. The van der Waals surface area contributed by atoms with E-state index in [1.54, 1.807) is 19.5 Å². The zero-order valence-corrected chi connectivity index (χ0v) is 17.4. The Morgan fingerprint density at radius 3 is 2.64 bits per heavy atom. The molecule has 0 atom stereocenters. The van der Waals surface area contributed by atoms with Gasteiger partial charge in [-0.25, -0.2) is 4.79 Å². The quantitative estimate of drug-likeness (QED) is 0.295. The van der Waals surface area contributed by atoms with Gasteiger partial charge in [-0.05, 0) is 69.1 Å². The number of carbonyl (C=O) groups is 1. The number of pyridine rings is 1. The number of hydrazone groups is 1. The van der Waals surface area contributed by atoms with E-state index in [9.17, 15) is 4.79 Å². The maximum atomic E-state index is 11.0. The molecule has 0 spiro atoms. The Labute approximate surface area is 177 Å². The van der Waals surface area contributed by atoms with E-state index in [0.29, 0.717) is 6.54 Å². The highest BCUT2D eigenvalue weighted by atomic mass is 127. The second kappa shape index (κ2) is 9.32. The van der Waals surface area contributed by atoms with Crippen LogP contribution in [0.1, 0.15) is 11.1 Å². The molecule has 0 saturated carbocycles. The van der Waals surface area contributed by atoms with Crippen molar-refractivity contribution in [3.63, 3.8) is 0 Å². The fourth-order valence-corrected chi connectivity index (χ4v) is 3.26. The number of halogens is 1. The molecule has 0 saturated heterocycles. The number of hydrogen-bond donors (Lipinski definition) is 2. The van der Waals surface area contributed by atoms with Crippen molar-refractivity contribution in [2.24, 2.45) is 5.10 Å². The van der Waals surface area contributed by atoms with Gasteiger partial charge in [-0.1, -0.05) is 30.3 Å². The van der Waals surface area contributed by atoms with Crippen LogP contribution in [0.4, 0.5) is 10.5 Å².